The second-order valence-corrected chi connectivity index (χ2v) is 6.76. The van der Waals surface area contributed by atoms with Crippen molar-refractivity contribution in [2.75, 3.05) is 14.2 Å². The van der Waals surface area contributed by atoms with E-state index < -0.39 is 4.92 Å². The van der Waals surface area contributed by atoms with Crippen LogP contribution in [0.3, 0.4) is 0 Å². The fourth-order valence-corrected chi connectivity index (χ4v) is 4.27. The maximum atomic E-state index is 12.6. The molecule has 1 saturated heterocycles. The molecular formula is C18H17N3O6. The summed E-state index contributed by atoms with van der Waals surface area (Å²) >= 11 is 0. The number of allylic oxidation sites excluding steroid dienone is 2. The van der Waals surface area contributed by atoms with Crippen LogP contribution in [-0.2, 0) is 9.59 Å². The van der Waals surface area contributed by atoms with Crippen LogP contribution < -0.4 is 9.47 Å². The number of nitrogens with zero attached hydrogens (tertiary/aromatic N) is 3. The van der Waals surface area contributed by atoms with Gasteiger partial charge in [-0.25, -0.2) is 0 Å². The van der Waals surface area contributed by atoms with Crippen LogP contribution in [0.1, 0.15) is 12.0 Å². The highest BCUT2D eigenvalue weighted by Gasteiger charge is 2.59. The number of imide groups is 1. The molecule has 2 bridgehead atoms. The number of ether oxygens (including phenoxy) is 2. The quantitative estimate of drug-likeness (QED) is 0.256. The molecule has 4 rings (SSSR count). The summed E-state index contributed by atoms with van der Waals surface area (Å²) < 4.78 is 10.2. The Morgan fingerprint density at radius 1 is 1.11 bits per heavy atom. The van der Waals surface area contributed by atoms with Crippen molar-refractivity contribution in [3.8, 4) is 11.5 Å². The zero-order valence-corrected chi connectivity index (χ0v) is 14.7. The third-order valence-electron chi connectivity index (χ3n) is 5.49. The number of hydrogen-bond acceptors (Lipinski definition) is 7. The Balaban J connectivity index is 1.66. The maximum absolute atomic E-state index is 12.6. The van der Waals surface area contributed by atoms with Crippen LogP contribution >= 0.6 is 0 Å². The van der Waals surface area contributed by atoms with E-state index in [1.165, 1.54) is 26.4 Å². The molecule has 1 heterocycles. The van der Waals surface area contributed by atoms with E-state index in [1.54, 1.807) is 0 Å². The number of fused-ring (bicyclic) bond motifs is 5. The molecule has 9 heteroatoms. The van der Waals surface area contributed by atoms with Gasteiger partial charge in [0.25, 0.3) is 17.5 Å². The third-order valence-corrected chi connectivity index (χ3v) is 5.49. The number of nitro benzene ring substituents is 1. The van der Waals surface area contributed by atoms with E-state index in [0.717, 1.165) is 17.6 Å². The highest BCUT2D eigenvalue weighted by molar-refractivity contribution is 6.07. The molecule has 2 amide bonds. The van der Waals surface area contributed by atoms with Crippen molar-refractivity contribution in [3.63, 3.8) is 0 Å². The van der Waals surface area contributed by atoms with Gasteiger partial charge < -0.3 is 9.47 Å². The van der Waals surface area contributed by atoms with E-state index in [9.17, 15) is 19.7 Å². The maximum Gasteiger partial charge on any atom is 0.282 e. The first kappa shape index (κ1) is 17.2. The molecule has 0 radical (unpaired) electrons. The monoisotopic (exact) mass is 371 g/mol. The fraction of sp³-hybridized carbons (Fsp3) is 0.389. The molecule has 1 aliphatic heterocycles. The Morgan fingerprint density at radius 3 is 2.19 bits per heavy atom. The molecular weight excluding hydrogens is 354 g/mol. The zero-order chi connectivity index (χ0) is 19.3. The SMILES string of the molecule is COc1cc(/C=N\N2C(=O)[C@@H]3[C@@H](C2=O)[C@H]2C=C[C@@H]3C2)c([N+](=O)[O-])cc1OC. The summed E-state index contributed by atoms with van der Waals surface area (Å²) in [6.45, 7) is 0. The molecule has 27 heavy (non-hydrogen) atoms. The standard InChI is InChI=1S/C18H17N3O6/c1-26-13-6-11(12(21(24)25)7-14(13)27-2)8-19-20-17(22)15-9-3-4-10(5-9)16(15)18(20)23/h3-4,6-10,15-16H,5H2,1-2H3/b19-8-/t9-,10+,15-,16-/m0/s1. The van der Waals surface area contributed by atoms with Crippen molar-refractivity contribution < 1.29 is 24.0 Å². The number of carbonyl (C=O) groups is 2. The van der Waals surface area contributed by atoms with Crippen LogP contribution in [0, 0.1) is 33.8 Å². The molecule has 0 spiro atoms. The molecule has 0 N–H and O–H groups in total. The van der Waals surface area contributed by atoms with Crippen LogP contribution in [0.25, 0.3) is 0 Å². The van der Waals surface area contributed by atoms with Gasteiger partial charge >= 0.3 is 0 Å². The first-order valence-electron chi connectivity index (χ1n) is 8.46. The van der Waals surface area contributed by atoms with E-state index >= 15 is 0 Å². The third kappa shape index (κ3) is 2.49. The van der Waals surface area contributed by atoms with E-state index in [1.807, 2.05) is 12.2 Å². The molecule has 1 aromatic carbocycles. The first-order valence-corrected chi connectivity index (χ1v) is 8.46. The first-order chi connectivity index (χ1) is 13.0. The number of nitro groups is 1. The number of rotatable bonds is 5. The van der Waals surface area contributed by atoms with Crippen molar-refractivity contribution in [1.29, 1.82) is 0 Å². The van der Waals surface area contributed by atoms with E-state index in [0.29, 0.717) is 0 Å². The lowest BCUT2D eigenvalue weighted by molar-refractivity contribution is -0.385. The minimum absolute atomic E-state index is 0.0760. The number of methoxy groups -OCH3 is 2. The summed E-state index contributed by atoms with van der Waals surface area (Å²) in [6, 6.07) is 2.60. The zero-order valence-electron chi connectivity index (χ0n) is 14.7. The normalized spacial score (nSPS) is 28.3. The van der Waals surface area contributed by atoms with Crippen LogP contribution in [0.4, 0.5) is 5.69 Å². The topological polar surface area (TPSA) is 111 Å². The van der Waals surface area contributed by atoms with Crippen molar-refractivity contribution >= 4 is 23.7 Å². The minimum atomic E-state index is -0.587. The largest absolute Gasteiger partial charge is 0.493 e. The average molecular weight is 371 g/mol. The lowest BCUT2D eigenvalue weighted by Crippen LogP contribution is -2.28. The molecule has 0 aromatic heterocycles. The Bertz CT molecular complexity index is 879. The number of carbonyl (C=O) groups excluding carboxylic acids is 2. The van der Waals surface area contributed by atoms with Crippen LogP contribution in [0.15, 0.2) is 29.4 Å². The highest BCUT2D eigenvalue weighted by Crippen LogP contribution is 2.52. The van der Waals surface area contributed by atoms with Gasteiger partial charge in [-0.05, 0) is 24.3 Å². The number of benzene rings is 1. The van der Waals surface area contributed by atoms with E-state index in [2.05, 4.69) is 5.10 Å². The molecule has 2 fully saturated rings. The van der Waals surface area contributed by atoms with Crippen molar-refractivity contribution in [2.45, 2.75) is 6.42 Å². The Labute approximate surface area is 154 Å². The molecule has 4 atom stereocenters. The van der Waals surface area contributed by atoms with Crippen molar-refractivity contribution in [2.24, 2.45) is 28.8 Å². The van der Waals surface area contributed by atoms with Gasteiger partial charge in [-0.2, -0.15) is 10.1 Å². The van der Waals surface area contributed by atoms with E-state index in [-0.39, 0.29) is 58.2 Å². The molecule has 3 aliphatic rings. The average Bonchev–Trinajstić information content (AvgIpc) is 3.34. The number of amides is 2. The van der Waals surface area contributed by atoms with Gasteiger partial charge in [0.05, 0.1) is 48.8 Å². The lowest BCUT2D eigenvalue weighted by atomic mass is 9.85. The van der Waals surface area contributed by atoms with Gasteiger partial charge in [0.2, 0.25) is 0 Å². The smallest absolute Gasteiger partial charge is 0.282 e. The van der Waals surface area contributed by atoms with Crippen LogP contribution in [0.5, 0.6) is 11.5 Å². The number of hydrazone groups is 1. The summed E-state index contributed by atoms with van der Waals surface area (Å²) in [5, 5.41) is 16.2. The summed E-state index contributed by atoms with van der Waals surface area (Å²) in [7, 11) is 2.78. The van der Waals surface area contributed by atoms with E-state index in [4.69, 9.17) is 9.47 Å². The van der Waals surface area contributed by atoms with Gasteiger partial charge in [0.15, 0.2) is 11.5 Å². The van der Waals surface area contributed by atoms with Gasteiger partial charge in [-0.15, -0.1) is 0 Å². The Hall–Kier alpha value is -3.23. The molecule has 9 nitrogen and oxygen atoms in total. The highest BCUT2D eigenvalue weighted by atomic mass is 16.6. The van der Waals surface area contributed by atoms with Gasteiger partial charge in [0, 0.05) is 0 Å². The Kier molecular flexibility index (Phi) is 3.94. The van der Waals surface area contributed by atoms with Gasteiger partial charge in [-0.3, -0.25) is 19.7 Å². The van der Waals surface area contributed by atoms with Crippen LogP contribution in [-0.4, -0.2) is 42.2 Å². The summed E-state index contributed by atoms with van der Waals surface area (Å²) in [5.41, 5.74) is -0.158. The van der Waals surface area contributed by atoms with Crippen molar-refractivity contribution in [3.05, 3.63) is 40.0 Å². The predicted molar refractivity (Wildman–Crippen MR) is 93.4 cm³/mol. The summed E-state index contributed by atoms with van der Waals surface area (Å²) in [6.07, 6.45) is 5.95. The minimum Gasteiger partial charge on any atom is -0.493 e. The Morgan fingerprint density at radius 2 is 1.67 bits per heavy atom. The van der Waals surface area contributed by atoms with Gasteiger partial charge in [-0.1, -0.05) is 12.2 Å². The molecule has 2 aliphatic carbocycles. The van der Waals surface area contributed by atoms with Gasteiger partial charge in [0.1, 0.15) is 0 Å². The fourth-order valence-electron chi connectivity index (χ4n) is 4.27. The number of hydrogen-bond donors (Lipinski definition) is 0. The predicted octanol–water partition coefficient (Wildman–Crippen LogP) is 1.75. The second kappa shape index (κ2) is 6.19. The van der Waals surface area contributed by atoms with Crippen LogP contribution in [0.2, 0.25) is 0 Å². The van der Waals surface area contributed by atoms with Crippen molar-refractivity contribution in [1.82, 2.24) is 5.01 Å². The molecule has 0 unspecified atom stereocenters. The molecule has 1 saturated carbocycles. The molecule has 140 valence electrons. The molecule has 1 aromatic rings. The summed E-state index contributed by atoms with van der Waals surface area (Å²) in [5.74, 6) is -0.800. The lowest BCUT2D eigenvalue weighted by Gasteiger charge is -2.13. The second-order valence-electron chi connectivity index (χ2n) is 6.76. The summed E-state index contributed by atoms with van der Waals surface area (Å²) in [4.78, 5) is 36.0.